The van der Waals surface area contributed by atoms with Gasteiger partial charge in [0.05, 0.1) is 27.4 Å². The fourth-order valence-corrected chi connectivity index (χ4v) is 1.58. The maximum absolute atomic E-state index is 5.58. The van der Waals surface area contributed by atoms with Gasteiger partial charge in [0.15, 0.2) is 11.5 Å². The van der Waals surface area contributed by atoms with Gasteiger partial charge in [-0.05, 0) is 17.7 Å². The van der Waals surface area contributed by atoms with Gasteiger partial charge < -0.3 is 19.5 Å². The van der Waals surface area contributed by atoms with E-state index in [0.29, 0.717) is 19.3 Å². The molecule has 1 rings (SSSR count). The Balaban J connectivity index is 2.38. The molecular formula is C14H23NO3. The van der Waals surface area contributed by atoms with E-state index in [-0.39, 0.29) is 0 Å². The van der Waals surface area contributed by atoms with Crippen molar-refractivity contribution in [1.82, 2.24) is 5.32 Å². The highest BCUT2D eigenvalue weighted by Crippen LogP contribution is 2.27. The van der Waals surface area contributed by atoms with Crippen LogP contribution in [0.25, 0.3) is 0 Å². The molecule has 0 aliphatic rings. The van der Waals surface area contributed by atoms with E-state index in [1.54, 1.807) is 14.2 Å². The van der Waals surface area contributed by atoms with Crippen molar-refractivity contribution in [2.75, 3.05) is 27.4 Å². The summed E-state index contributed by atoms with van der Waals surface area (Å²) in [5.74, 6) is 1.47. The quantitative estimate of drug-likeness (QED) is 0.721. The second-order valence-electron chi connectivity index (χ2n) is 4.35. The maximum atomic E-state index is 5.58. The van der Waals surface area contributed by atoms with Crippen LogP contribution in [0.1, 0.15) is 19.4 Å². The fourth-order valence-electron chi connectivity index (χ4n) is 1.58. The van der Waals surface area contributed by atoms with Crippen molar-refractivity contribution in [3.05, 3.63) is 23.8 Å². The smallest absolute Gasteiger partial charge is 0.161 e. The van der Waals surface area contributed by atoms with Crippen molar-refractivity contribution in [3.8, 4) is 11.5 Å². The monoisotopic (exact) mass is 253 g/mol. The Morgan fingerprint density at radius 2 is 1.83 bits per heavy atom. The lowest BCUT2D eigenvalue weighted by Crippen LogP contribution is -2.26. The summed E-state index contributed by atoms with van der Waals surface area (Å²) in [5, 5.41) is 3.30. The van der Waals surface area contributed by atoms with Gasteiger partial charge in [-0.1, -0.05) is 19.9 Å². The van der Waals surface area contributed by atoms with Crippen molar-refractivity contribution in [3.63, 3.8) is 0 Å². The zero-order valence-electron chi connectivity index (χ0n) is 11.7. The summed E-state index contributed by atoms with van der Waals surface area (Å²) in [4.78, 5) is 0. The molecule has 0 heterocycles. The summed E-state index contributed by atoms with van der Waals surface area (Å²) >= 11 is 0. The lowest BCUT2D eigenvalue weighted by molar-refractivity contribution is 0.121. The number of hydrogen-bond acceptors (Lipinski definition) is 4. The van der Waals surface area contributed by atoms with Crippen LogP contribution in [-0.4, -0.2) is 33.4 Å². The fraction of sp³-hybridized carbons (Fsp3) is 0.571. The molecule has 1 aromatic rings. The van der Waals surface area contributed by atoms with Crippen molar-refractivity contribution in [1.29, 1.82) is 0 Å². The zero-order chi connectivity index (χ0) is 13.4. The Hall–Kier alpha value is -1.26. The number of methoxy groups -OCH3 is 2. The van der Waals surface area contributed by atoms with E-state index in [9.17, 15) is 0 Å². The highest BCUT2D eigenvalue weighted by Gasteiger charge is 2.04. The minimum absolute atomic E-state index is 0.495. The van der Waals surface area contributed by atoms with E-state index in [4.69, 9.17) is 14.2 Å². The van der Waals surface area contributed by atoms with Crippen LogP contribution in [0.4, 0.5) is 0 Å². The molecule has 0 fully saturated rings. The number of benzene rings is 1. The Kier molecular flexibility index (Phi) is 6.54. The topological polar surface area (TPSA) is 39.7 Å². The van der Waals surface area contributed by atoms with Gasteiger partial charge in [0.1, 0.15) is 0 Å². The van der Waals surface area contributed by atoms with E-state index >= 15 is 0 Å². The maximum Gasteiger partial charge on any atom is 0.161 e. The minimum atomic E-state index is 0.495. The lowest BCUT2D eigenvalue weighted by Gasteiger charge is -2.11. The zero-order valence-corrected chi connectivity index (χ0v) is 11.7. The molecule has 1 N–H and O–H groups in total. The summed E-state index contributed by atoms with van der Waals surface area (Å²) < 4.78 is 16.0. The molecule has 0 aliphatic carbocycles. The van der Waals surface area contributed by atoms with Crippen LogP contribution in [0.2, 0.25) is 0 Å². The first-order chi connectivity index (χ1) is 8.67. The predicted octanol–water partition coefficient (Wildman–Crippen LogP) is 2.22. The van der Waals surface area contributed by atoms with E-state index in [1.807, 2.05) is 18.2 Å². The van der Waals surface area contributed by atoms with Gasteiger partial charge in [0, 0.05) is 12.6 Å². The SMILES string of the molecule is COc1ccc(COCCNC(C)C)cc1OC. The largest absolute Gasteiger partial charge is 0.493 e. The summed E-state index contributed by atoms with van der Waals surface area (Å²) in [7, 11) is 3.26. The molecule has 0 spiro atoms. The number of rotatable bonds is 8. The van der Waals surface area contributed by atoms with Crippen LogP contribution < -0.4 is 14.8 Å². The molecule has 18 heavy (non-hydrogen) atoms. The standard InChI is InChI=1S/C14H23NO3/c1-11(2)15-7-8-18-10-12-5-6-13(16-3)14(9-12)17-4/h5-6,9,11,15H,7-8,10H2,1-4H3. The summed E-state index contributed by atoms with van der Waals surface area (Å²) in [6, 6.07) is 6.31. The average molecular weight is 253 g/mol. The third kappa shape index (κ3) is 4.94. The average Bonchev–Trinajstić information content (AvgIpc) is 2.37. The first-order valence-corrected chi connectivity index (χ1v) is 6.19. The Labute approximate surface area is 109 Å². The molecule has 0 saturated heterocycles. The van der Waals surface area contributed by atoms with E-state index in [0.717, 1.165) is 23.6 Å². The number of hydrogen-bond donors (Lipinski definition) is 1. The van der Waals surface area contributed by atoms with Gasteiger partial charge in [-0.2, -0.15) is 0 Å². The van der Waals surface area contributed by atoms with Crippen LogP contribution >= 0.6 is 0 Å². The third-order valence-corrected chi connectivity index (χ3v) is 2.52. The summed E-state index contributed by atoms with van der Waals surface area (Å²) in [6.45, 7) is 6.39. The van der Waals surface area contributed by atoms with Crippen LogP contribution in [0, 0.1) is 0 Å². The molecule has 0 aromatic heterocycles. The third-order valence-electron chi connectivity index (χ3n) is 2.52. The van der Waals surface area contributed by atoms with Gasteiger partial charge in [-0.25, -0.2) is 0 Å². The Morgan fingerprint density at radius 3 is 2.44 bits per heavy atom. The molecule has 102 valence electrons. The van der Waals surface area contributed by atoms with Crippen LogP contribution in [0.3, 0.4) is 0 Å². The molecule has 0 aliphatic heterocycles. The number of nitrogens with one attached hydrogen (secondary N) is 1. The molecule has 0 amide bonds. The summed E-state index contributed by atoms with van der Waals surface area (Å²) in [6.07, 6.45) is 0. The molecule has 4 heteroatoms. The lowest BCUT2D eigenvalue weighted by atomic mass is 10.2. The minimum Gasteiger partial charge on any atom is -0.493 e. The predicted molar refractivity (Wildman–Crippen MR) is 72.3 cm³/mol. The molecule has 4 nitrogen and oxygen atoms in total. The molecule has 0 saturated carbocycles. The first-order valence-electron chi connectivity index (χ1n) is 6.19. The Morgan fingerprint density at radius 1 is 1.11 bits per heavy atom. The molecule has 0 radical (unpaired) electrons. The summed E-state index contributed by atoms with van der Waals surface area (Å²) in [5.41, 5.74) is 1.08. The normalized spacial score (nSPS) is 10.7. The molecular weight excluding hydrogens is 230 g/mol. The van der Waals surface area contributed by atoms with Crippen molar-refractivity contribution >= 4 is 0 Å². The van der Waals surface area contributed by atoms with Crippen LogP contribution in [-0.2, 0) is 11.3 Å². The van der Waals surface area contributed by atoms with Crippen molar-refractivity contribution < 1.29 is 14.2 Å². The van der Waals surface area contributed by atoms with E-state index < -0.39 is 0 Å². The van der Waals surface area contributed by atoms with Gasteiger partial charge in [-0.15, -0.1) is 0 Å². The van der Waals surface area contributed by atoms with Gasteiger partial charge >= 0.3 is 0 Å². The molecule has 1 aromatic carbocycles. The van der Waals surface area contributed by atoms with E-state index in [1.165, 1.54) is 0 Å². The second kappa shape index (κ2) is 7.95. The molecule has 0 atom stereocenters. The van der Waals surface area contributed by atoms with Gasteiger partial charge in [0.25, 0.3) is 0 Å². The highest BCUT2D eigenvalue weighted by molar-refractivity contribution is 5.42. The first kappa shape index (κ1) is 14.8. The highest BCUT2D eigenvalue weighted by atomic mass is 16.5. The molecule has 0 unspecified atom stereocenters. The van der Waals surface area contributed by atoms with Crippen molar-refractivity contribution in [2.45, 2.75) is 26.5 Å². The van der Waals surface area contributed by atoms with Gasteiger partial charge in [-0.3, -0.25) is 0 Å². The van der Waals surface area contributed by atoms with Crippen molar-refractivity contribution in [2.24, 2.45) is 0 Å². The van der Waals surface area contributed by atoms with Crippen LogP contribution in [0.5, 0.6) is 11.5 Å². The second-order valence-corrected chi connectivity index (χ2v) is 4.35. The molecule has 0 bridgehead atoms. The van der Waals surface area contributed by atoms with E-state index in [2.05, 4.69) is 19.2 Å². The Bertz CT molecular complexity index is 353. The van der Waals surface area contributed by atoms with Gasteiger partial charge in [0.2, 0.25) is 0 Å². The van der Waals surface area contributed by atoms with Crippen LogP contribution in [0.15, 0.2) is 18.2 Å². The number of ether oxygens (including phenoxy) is 3.